The highest BCUT2D eigenvalue weighted by Crippen LogP contribution is 2.30. The molecule has 0 aliphatic rings. The number of carbonyl (C=O) groups excluding carboxylic acids is 2. The van der Waals surface area contributed by atoms with E-state index in [-0.39, 0.29) is 25.2 Å². The maximum absolute atomic E-state index is 12.2. The maximum Gasteiger partial charge on any atom is 0.305 e. The predicted octanol–water partition coefficient (Wildman–Crippen LogP) is 18.7. The van der Waals surface area contributed by atoms with Crippen molar-refractivity contribution in [3.05, 3.63) is 0 Å². The Morgan fingerprint density at radius 1 is 0.300 bits per heavy atom. The van der Waals surface area contributed by atoms with Crippen LogP contribution in [0.1, 0.15) is 361 Å². The fourth-order valence-electron chi connectivity index (χ4n) is 11.3. The van der Waals surface area contributed by atoms with Gasteiger partial charge in [0.2, 0.25) is 0 Å². The SMILES string of the molecule is CCCCCCCCCCCCCCCC(=O)OCCCCCCC(O)(CCCCCCOC(=O)CCCCCCCCCCCCCCC)CCCCN(C)C.CN(C)CCCCC(O)(CCCCCCO)CCCCCCO. The molecule has 10 nitrogen and oxygen atoms in total. The second-order valence-corrected chi connectivity index (χ2v) is 25.5. The van der Waals surface area contributed by atoms with Crippen molar-refractivity contribution in [3.8, 4) is 0 Å². The van der Waals surface area contributed by atoms with E-state index in [0.29, 0.717) is 26.1 Å². The molecule has 0 saturated carbocycles. The predicted molar refractivity (Wildman–Crippen MR) is 344 cm³/mol. The highest BCUT2D eigenvalue weighted by molar-refractivity contribution is 5.69. The van der Waals surface area contributed by atoms with Crippen molar-refractivity contribution in [2.75, 3.05) is 67.7 Å². The number of aliphatic hydroxyl groups is 4. The third kappa shape index (κ3) is 64.3. The Morgan fingerprint density at radius 3 is 0.762 bits per heavy atom. The van der Waals surface area contributed by atoms with Gasteiger partial charge in [-0.15, -0.1) is 0 Å². The smallest absolute Gasteiger partial charge is 0.305 e. The van der Waals surface area contributed by atoms with Crippen LogP contribution in [0.3, 0.4) is 0 Å². The summed E-state index contributed by atoms with van der Waals surface area (Å²) >= 11 is 0. The second kappa shape index (κ2) is 63.7. The summed E-state index contributed by atoms with van der Waals surface area (Å²) in [6.45, 7) is 8.31. The topological polar surface area (TPSA) is 140 Å². The Bertz CT molecular complexity index is 1170. The van der Waals surface area contributed by atoms with E-state index in [9.17, 15) is 19.8 Å². The van der Waals surface area contributed by atoms with E-state index in [4.69, 9.17) is 19.7 Å². The average molecular weight is 1140 g/mol. The fourth-order valence-corrected chi connectivity index (χ4v) is 11.3. The lowest BCUT2D eigenvalue weighted by Crippen LogP contribution is -2.29. The van der Waals surface area contributed by atoms with Crippen molar-refractivity contribution in [1.82, 2.24) is 9.80 Å². The van der Waals surface area contributed by atoms with Crippen LogP contribution in [0.5, 0.6) is 0 Å². The quantitative estimate of drug-likeness (QED) is 0.0344. The molecule has 0 aliphatic carbocycles. The number of ether oxygens (including phenoxy) is 2. The molecule has 480 valence electrons. The Balaban J connectivity index is 0. The molecule has 0 saturated heterocycles. The van der Waals surface area contributed by atoms with E-state index in [1.54, 1.807) is 0 Å². The van der Waals surface area contributed by atoms with Gasteiger partial charge in [0.15, 0.2) is 0 Å². The number of esters is 2. The summed E-state index contributed by atoms with van der Waals surface area (Å²) in [6, 6.07) is 0. The van der Waals surface area contributed by atoms with Gasteiger partial charge in [0, 0.05) is 26.1 Å². The van der Waals surface area contributed by atoms with Crippen molar-refractivity contribution in [3.63, 3.8) is 0 Å². The molecule has 0 aromatic carbocycles. The highest BCUT2D eigenvalue weighted by Gasteiger charge is 2.26. The maximum atomic E-state index is 12.2. The number of carbonyl (C=O) groups is 2. The van der Waals surface area contributed by atoms with Crippen LogP contribution < -0.4 is 0 Å². The first-order chi connectivity index (χ1) is 38.9. The van der Waals surface area contributed by atoms with E-state index in [0.717, 1.165) is 206 Å². The summed E-state index contributed by atoms with van der Waals surface area (Å²) in [5, 5.41) is 40.2. The average Bonchev–Trinajstić information content (AvgIpc) is 3.43. The molecule has 0 radical (unpaired) electrons. The zero-order valence-corrected chi connectivity index (χ0v) is 54.7. The van der Waals surface area contributed by atoms with Gasteiger partial charge >= 0.3 is 11.9 Å². The third-order valence-corrected chi connectivity index (χ3v) is 16.7. The summed E-state index contributed by atoms with van der Waals surface area (Å²) in [5.74, 6) is -0.0679. The Kier molecular flexibility index (Phi) is 64.3. The second-order valence-electron chi connectivity index (χ2n) is 25.5. The molecule has 0 unspecified atom stereocenters. The molecule has 0 rings (SSSR count). The number of hydrogen-bond donors (Lipinski definition) is 4. The van der Waals surface area contributed by atoms with E-state index in [1.165, 1.54) is 141 Å². The minimum atomic E-state index is -0.590. The largest absolute Gasteiger partial charge is 0.466 e. The van der Waals surface area contributed by atoms with Gasteiger partial charge in [-0.25, -0.2) is 0 Å². The number of unbranched alkanes of at least 4 members (excludes halogenated alkanes) is 38. The molecule has 0 amide bonds. The van der Waals surface area contributed by atoms with Gasteiger partial charge in [0.05, 0.1) is 24.4 Å². The lowest BCUT2D eigenvalue weighted by molar-refractivity contribution is -0.144. The number of hydrogen-bond acceptors (Lipinski definition) is 10. The molecule has 0 heterocycles. The third-order valence-electron chi connectivity index (χ3n) is 16.7. The van der Waals surface area contributed by atoms with Gasteiger partial charge in [-0.05, 0) is 144 Å². The van der Waals surface area contributed by atoms with Crippen molar-refractivity contribution < 1.29 is 39.5 Å². The number of rotatable bonds is 64. The number of nitrogens with zero attached hydrogens (tertiary/aromatic N) is 2. The normalized spacial score (nSPS) is 11.9. The van der Waals surface area contributed by atoms with E-state index in [1.807, 2.05) is 0 Å². The monoisotopic (exact) mass is 1140 g/mol. The van der Waals surface area contributed by atoms with E-state index < -0.39 is 11.2 Å². The molecule has 0 aromatic heterocycles. The summed E-state index contributed by atoms with van der Waals surface area (Å²) in [4.78, 5) is 28.8. The van der Waals surface area contributed by atoms with E-state index >= 15 is 0 Å². The molecule has 80 heavy (non-hydrogen) atoms. The first-order valence-electron chi connectivity index (χ1n) is 35.1. The first kappa shape index (κ1) is 80.8. The minimum Gasteiger partial charge on any atom is -0.466 e. The summed E-state index contributed by atoms with van der Waals surface area (Å²) in [7, 11) is 8.41. The molecular formula is C70H142N2O8. The van der Waals surface area contributed by atoms with Crippen molar-refractivity contribution in [2.45, 2.75) is 372 Å². The number of aliphatic hydroxyl groups excluding tert-OH is 2. The molecule has 4 N–H and O–H groups in total. The first-order valence-corrected chi connectivity index (χ1v) is 35.1. The fraction of sp³-hybridized carbons (Fsp3) is 0.971. The molecule has 0 bridgehead atoms. The van der Waals surface area contributed by atoms with E-state index in [2.05, 4.69) is 51.8 Å². The summed E-state index contributed by atoms with van der Waals surface area (Å²) < 4.78 is 11.0. The van der Waals surface area contributed by atoms with Crippen molar-refractivity contribution in [1.29, 1.82) is 0 Å². The van der Waals surface area contributed by atoms with Crippen LogP contribution in [-0.2, 0) is 19.1 Å². The van der Waals surface area contributed by atoms with Gasteiger partial charge in [-0.1, -0.05) is 245 Å². The minimum absolute atomic E-state index is 0.0339. The lowest BCUT2D eigenvalue weighted by Gasteiger charge is -2.29. The van der Waals surface area contributed by atoms with Crippen molar-refractivity contribution in [2.24, 2.45) is 0 Å². The lowest BCUT2D eigenvalue weighted by atomic mass is 9.85. The standard InChI is InChI=1S/C51H101NO5.C19H41NO3/c1-5-7-9-11-13-15-17-19-21-23-25-27-33-41-49(53)56-47-39-31-29-35-43-51(55,45-37-38-46-52(3)4)44-36-30-32-40-48-57-50(54)42-34-28-26-24-22-20-18-16-14-12-10-8-6-2;1-20(2)16-10-9-15-19(23,13-7-3-5-11-17-21)14-8-4-6-12-18-22/h55H,5-48H2,1-4H3;21-23H,3-18H2,1-2H3. The molecular weight excluding hydrogens is 997 g/mol. The van der Waals surface area contributed by atoms with Gasteiger partial charge in [-0.2, -0.15) is 0 Å². The molecule has 0 aliphatic heterocycles. The van der Waals surface area contributed by atoms with Gasteiger partial charge < -0.3 is 39.7 Å². The van der Waals surface area contributed by atoms with Gasteiger partial charge in [0.1, 0.15) is 0 Å². The van der Waals surface area contributed by atoms with Crippen LogP contribution in [0.15, 0.2) is 0 Å². The van der Waals surface area contributed by atoms with Gasteiger partial charge in [-0.3, -0.25) is 9.59 Å². The zero-order chi connectivity index (χ0) is 59.2. The van der Waals surface area contributed by atoms with Crippen LogP contribution in [0.25, 0.3) is 0 Å². The molecule has 0 aromatic rings. The van der Waals surface area contributed by atoms with Crippen LogP contribution in [0, 0.1) is 0 Å². The molecule has 0 fully saturated rings. The molecule has 0 atom stereocenters. The van der Waals surface area contributed by atoms with Crippen LogP contribution >= 0.6 is 0 Å². The van der Waals surface area contributed by atoms with Crippen LogP contribution in [0.2, 0.25) is 0 Å². The van der Waals surface area contributed by atoms with Crippen molar-refractivity contribution >= 4 is 11.9 Å². The Labute approximate surface area is 498 Å². The summed E-state index contributed by atoms with van der Waals surface area (Å²) in [5.41, 5.74) is -1.10. The zero-order valence-electron chi connectivity index (χ0n) is 54.7. The molecule has 10 heteroatoms. The van der Waals surface area contributed by atoms with Crippen LogP contribution in [-0.4, -0.2) is 121 Å². The Morgan fingerprint density at radius 2 is 0.512 bits per heavy atom. The summed E-state index contributed by atoms with van der Waals surface area (Å²) in [6.07, 6.45) is 61.2. The molecule has 0 spiro atoms. The highest BCUT2D eigenvalue weighted by atomic mass is 16.5. The Hall–Kier alpha value is -1.30. The van der Waals surface area contributed by atoms with Crippen LogP contribution in [0.4, 0.5) is 0 Å². The van der Waals surface area contributed by atoms with Gasteiger partial charge in [0.25, 0.3) is 0 Å².